The summed E-state index contributed by atoms with van der Waals surface area (Å²) in [5.74, 6) is 0.321. The van der Waals surface area contributed by atoms with Crippen molar-refractivity contribution in [2.75, 3.05) is 17.7 Å². The molecule has 0 aliphatic rings. The fourth-order valence-corrected chi connectivity index (χ4v) is 2.26. The number of anilines is 2. The third-order valence-corrected chi connectivity index (χ3v) is 3.11. The molecule has 0 spiro atoms. The molecule has 0 fully saturated rings. The third kappa shape index (κ3) is 3.27. The number of aromatic nitrogens is 1. The zero-order chi connectivity index (χ0) is 14.7. The summed E-state index contributed by atoms with van der Waals surface area (Å²) in [6.07, 6.45) is 1.50. The Morgan fingerprint density at radius 2 is 1.80 bits per heavy atom. The van der Waals surface area contributed by atoms with Crippen molar-refractivity contribution in [1.82, 2.24) is 4.98 Å². The van der Waals surface area contributed by atoms with Crippen LogP contribution in [0.25, 0.3) is 0 Å². The molecule has 4 nitrogen and oxygen atoms in total. The standard InChI is InChI=1S/C15H16ClN3O/c1-9-4-10(2)6-12(5-9)19-15(20)11-7-13(16)14(17-3)18-8-11/h4-8H,1-3H3,(H,17,18)(H,19,20). The summed E-state index contributed by atoms with van der Waals surface area (Å²) >= 11 is 6.02. The first kappa shape index (κ1) is 14.3. The number of hydrogen-bond donors (Lipinski definition) is 2. The Labute approximate surface area is 123 Å². The summed E-state index contributed by atoms with van der Waals surface area (Å²) in [4.78, 5) is 16.2. The molecular formula is C15H16ClN3O. The Hall–Kier alpha value is -2.07. The summed E-state index contributed by atoms with van der Waals surface area (Å²) in [7, 11) is 1.73. The number of nitrogens with zero attached hydrogens (tertiary/aromatic N) is 1. The van der Waals surface area contributed by atoms with Gasteiger partial charge in [0, 0.05) is 18.9 Å². The molecule has 1 amide bonds. The molecule has 0 bridgehead atoms. The largest absolute Gasteiger partial charge is 0.372 e. The Bertz CT molecular complexity index is 635. The van der Waals surface area contributed by atoms with Crippen LogP contribution in [0.1, 0.15) is 21.5 Å². The molecular weight excluding hydrogens is 274 g/mol. The zero-order valence-electron chi connectivity index (χ0n) is 11.6. The second kappa shape index (κ2) is 5.92. The SMILES string of the molecule is CNc1ncc(C(=O)Nc2cc(C)cc(C)c2)cc1Cl. The first-order chi connectivity index (χ1) is 9.49. The molecule has 5 heteroatoms. The highest BCUT2D eigenvalue weighted by molar-refractivity contribution is 6.33. The molecule has 0 aliphatic heterocycles. The molecule has 0 saturated heterocycles. The van der Waals surface area contributed by atoms with E-state index in [0.717, 1.165) is 16.8 Å². The first-order valence-corrected chi connectivity index (χ1v) is 6.60. The molecule has 0 aliphatic carbocycles. The van der Waals surface area contributed by atoms with Crippen molar-refractivity contribution in [3.05, 3.63) is 52.2 Å². The lowest BCUT2D eigenvalue weighted by Crippen LogP contribution is -2.13. The van der Waals surface area contributed by atoms with E-state index in [4.69, 9.17) is 11.6 Å². The van der Waals surface area contributed by atoms with Crippen LogP contribution in [0.4, 0.5) is 11.5 Å². The van der Waals surface area contributed by atoms with Crippen LogP contribution in [0.15, 0.2) is 30.5 Å². The molecule has 0 unspecified atom stereocenters. The minimum Gasteiger partial charge on any atom is -0.372 e. The van der Waals surface area contributed by atoms with E-state index in [-0.39, 0.29) is 5.91 Å². The van der Waals surface area contributed by atoms with Crippen LogP contribution < -0.4 is 10.6 Å². The van der Waals surface area contributed by atoms with Gasteiger partial charge in [-0.15, -0.1) is 0 Å². The second-order valence-corrected chi connectivity index (χ2v) is 5.04. The van der Waals surface area contributed by atoms with Gasteiger partial charge in [-0.2, -0.15) is 0 Å². The van der Waals surface area contributed by atoms with Gasteiger partial charge in [-0.1, -0.05) is 17.7 Å². The lowest BCUT2D eigenvalue weighted by molar-refractivity contribution is 0.102. The predicted molar refractivity (Wildman–Crippen MR) is 82.7 cm³/mol. The van der Waals surface area contributed by atoms with Gasteiger partial charge in [-0.25, -0.2) is 4.98 Å². The molecule has 20 heavy (non-hydrogen) atoms. The lowest BCUT2D eigenvalue weighted by atomic mass is 10.1. The van der Waals surface area contributed by atoms with E-state index in [0.29, 0.717) is 16.4 Å². The molecule has 2 rings (SSSR count). The number of amides is 1. The van der Waals surface area contributed by atoms with Gasteiger partial charge in [0.2, 0.25) is 0 Å². The van der Waals surface area contributed by atoms with Crippen LogP contribution in [0.2, 0.25) is 5.02 Å². The number of aryl methyl sites for hydroxylation is 2. The molecule has 0 radical (unpaired) electrons. The number of halogens is 1. The minimum absolute atomic E-state index is 0.230. The van der Waals surface area contributed by atoms with E-state index in [9.17, 15) is 4.79 Å². The highest BCUT2D eigenvalue weighted by Crippen LogP contribution is 2.20. The topological polar surface area (TPSA) is 54.0 Å². The van der Waals surface area contributed by atoms with Gasteiger partial charge >= 0.3 is 0 Å². The normalized spacial score (nSPS) is 10.2. The van der Waals surface area contributed by atoms with Crippen molar-refractivity contribution in [3.63, 3.8) is 0 Å². The Kier molecular flexibility index (Phi) is 4.25. The van der Waals surface area contributed by atoms with Crippen molar-refractivity contribution < 1.29 is 4.79 Å². The van der Waals surface area contributed by atoms with Crippen LogP contribution in [0, 0.1) is 13.8 Å². The fourth-order valence-electron chi connectivity index (χ4n) is 2.00. The summed E-state index contributed by atoms with van der Waals surface area (Å²) in [6.45, 7) is 3.98. The quantitative estimate of drug-likeness (QED) is 0.907. The summed E-state index contributed by atoms with van der Waals surface area (Å²) in [5.41, 5.74) is 3.39. The maximum atomic E-state index is 12.2. The van der Waals surface area contributed by atoms with Gasteiger partial charge in [0.15, 0.2) is 0 Å². The monoisotopic (exact) mass is 289 g/mol. The Morgan fingerprint density at radius 3 is 2.35 bits per heavy atom. The molecule has 1 aromatic heterocycles. The average molecular weight is 290 g/mol. The summed E-state index contributed by atoms with van der Waals surface area (Å²) in [5, 5.41) is 6.12. The van der Waals surface area contributed by atoms with Crippen molar-refractivity contribution in [2.24, 2.45) is 0 Å². The van der Waals surface area contributed by atoms with E-state index in [1.165, 1.54) is 6.20 Å². The molecule has 0 saturated carbocycles. The molecule has 2 N–H and O–H groups in total. The van der Waals surface area contributed by atoms with E-state index < -0.39 is 0 Å². The highest BCUT2D eigenvalue weighted by Gasteiger charge is 2.10. The van der Waals surface area contributed by atoms with Gasteiger partial charge in [0.05, 0.1) is 10.6 Å². The number of pyridine rings is 1. The first-order valence-electron chi connectivity index (χ1n) is 6.22. The second-order valence-electron chi connectivity index (χ2n) is 4.63. The highest BCUT2D eigenvalue weighted by atomic mass is 35.5. The number of rotatable bonds is 3. The maximum absolute atomic E-state index is 12.2. The number of carbonyl (C=O) groups is 1. The van der Waals surface area contributed by atoms with E-state index >= 15 is 0 Å². The van der Waals surface area contributed by atoms with Crippen molar-refractivity contribution in [3.8, 4) is 0 Å². The van der Waals surface area contributed by atoms with E-state index in [1.54, 1.807) is 13.1 Å². The Balaban J connectivity index is 2.21. The van der Waals surface area contributed by atoms with Crippen LogP contribution in [-0.4, -0.2) is 17.9 Å². The maximum Gasteiger partial charge on any atom is 0.257 e. The van der Waals surface area contributed by atoms with Crippen molar-refractivity contribution >= 4 is 29.0 Å². The average Bonchev–Trinajstić information content (AvgIpc) is 2.37. The molecule has 1 aromatic carbocycles. The molecule has 104 valence electrons. The van der Waals surface area contributed by atoms with Gasteiger partial charge < -0.3 is 10.6 Å². The van der Waals surface area contributed by atoms with Gasteiger partial charge in [0.25, 0.3) is 5.91 Å². The molecule has 1 heterocycles. The van der Waals surface area contributed by atoms with Gasteiger partial charge in [-0.05, 0) is 43.2 Å². The van der Waals surface area contributed by atoms with Crippen LogP contribution in [0.3, 0.4) is 0 Å². The van der Waals surface area contributed by atoms with Crippen LogP contribution in [0.5, 0.6) is 0 Å². The lowest BCUT2D eigenvalue weighted by Gasteiger charge is -2.09. The number of carbonyl (C=O) groups excluding carboxylic acids is 1. The summed E-state index contributed by atoms with van der Waals surface area (Å²) < 4.78 is 0. The van der Waals surface area contributed by atoms with Crippen molar-refractivity contribution in [2.45, 2.75) is 13.8 Å². The van der Waals surface area contributed by atoms with Crippen LogP contribution in [-0.2, 0) is 0 Å². The smallest absolute Gasteiger partial charge is 0.257 e. The van der Waals surface area contributed by atoms with Gasteiger partial charge in [0.1, 0.15) is 5.82 Å². The Morgan fingerprint density at radius 1 is 1.15 bits per heavy atom. The molecule has 0 atom stereocenters. The molecule has 2 aromatic rings. The zero-order valence-corrected chi connectivity index (χ0v) is 12.4. The fraction of sp³-hybridized carbons (Fsp3) is 0.200. The van der Waals surface area contributed by atoms with E-state index in [2.05, 4.69) is 21.7 Å². The van der Waals surface area contributed by atoms with Gasteiger partial charge in [-0.3, -0.25) is 4.79 Å². The number of nitrogens with one attached hydrogen (secondary N) is 2. The summed E-state index contributed by atoms with van der Waals surface area (Å²) in [6, 6.07) is 7.48. The number of hydrogen-bond acceptors (Lipinski definition) is 3. The predicted octanol–water partition coefficient (Wildman–Crippen LogP) is 3.65. The van der Waals surface area contributed by atoms with Crippen LogP contribution >= 0.6 is 11.6 Å². The van der Waals surface area contributed by atoms with Crippen molar-refractivity contribution in [1.29, 1.82) is 0 Å². The third-order valence-electron chi connectivity index (χ3n) is 2.82. The number of benzene rings is 1. The minimum atomic E-state index is -0.230. The van der Waals surface area contributed by atoms with E-state index in [1.807, 2.05) is 26.0 Å².